The molecule has 1 aliphatic heterocycles. The number of rotatable bonds is 7. The number of carbonyl (C=O) groups excluding carboxylic acids is 1. The number of hydrogen-bond donors (Lipinski definition) is 1. The number of hydrogen-bond acceptors (Lipinski definition) is 5. The highest BCUT2D eigenvalue weighted by molar-refractivity contribution is 7.89. The third-order valence-corrected chi connectivity index (χ3v) is 6.62. The Balaban J connectivity index is 1.65. The summed E-state index contributed by atoms with van der Waals surface area (Å²) in [5, 5.41) is 3.28. The second kappa shape index (κ2) is 9.58. The van der Waals surface area contributed by atoms with Gasteiger partial charge >= 0.3 is 0 Å². The summed E-state index contributed by atoms with van der Waals surface area (Å²) in [7, 11) is -3.57. The van der Waals surface area contributed by atoms with Crippen LogP contribution in [0.3, 0.4) is 0 Å². The van der Waals surface area contributed by atoms with Crippen molar-refractivity contribution in [2.24, 2.45) is 0 Å². The highest BCUT2D eigenvalue weighted by Crippen LogP contribution is 2.21. The molecule has 0 aliphatic carbocycles. The average Bonchev–Trinajstić information content (AvgIpc) is 2.73. The summed E-state index contributed by atoms with van der Waals surface area (Å²) in [6.07, 6.45) is -0.243. The minimum absolute atomic E-state index is 0.180. The molecule has 1 fully saturated rings. The number of morpholine rings is 1. The van der Waals surface area contributed by atoms with Crippen molar-refractivity contribution in [3.8, 4) is 5.75 Å². The van der Waals surface area contributed by atoms with E-state index in [0.29, 0.717) is 49.2 Å². The van der Waals surface area contributed by atoms with E-state index in [4.69, 9.17) is 21.1 Å². The smallest absolute Gasteiger partial charge is 0.265 e. The van der Waals surface area contributed by atoms with Gasteiger partial charge in [-0.25, -0.2) is 8.42 Å². The Hall–Kier alpha value is -2.13. The third kappa shape index (κ3) is 5.48. The monoisotopic (exact) mass is 438 g/mol. The van der Waals surface area contributed by atoms with Crippen molar-refractivity contribution in [1.29, 1.82) is 0 Å². The van der Waals surface area contributed by atoms with Crippen molar-refractivity contribution < 1.29 is 22.7 Å². The highest BCUT2D eigenvalue weighted by Gasteiger charge is 2.26. The summed E-state index contributed by atoms with van der Waals surface area (Å²) in [4.78, 5) is 12.7. The van der Waals surface area contributed by atoms with Crippen LogP contribution in [0.5, 0.6) is 5.75 Å². The van der Waals surface area contributed by atoms with E-state index in [1.165, 1.54) is 16.4 Å². The van der Waals surface area contributed by atoms with Gasteiger partial charge in [0.25, 0.3) is 5.91 Å². The Kier molecular flexibility index (Phi) is 7.13. The fourth-order valence-corrected chi connectivity index (χ4v) is 4.48. The number of carbonyl (C=O) groups is 1. The fraction of sp³-hybridized carbons (Fsp3) is 0.350. The lowest BCUT2D eigenvalue weighted by Gasteiger charge is -2.26. The molecule has 2 aromatic carbocycles. The molecule has 1 atom stereocenters. The normalized spacial score (nSPS) is 16.2. The molecule has 0 bridgehead atoms. The maximum atomic E-state index is 12.7. The molecular weight excluding hydrogens is 416 g/mol. The summed E-state index contributed by atoms with van der Waals surface area (Å²) in [5.41, 5.74) is 0.490. The molecule has 0 radical (unpaired) electrons. The molecule has 0 aromatic heterocycles. The van der Waals surface area contributed by atoms with Gasteiger partial charge < -0.3 is 14.8 Å². The molecule has 1 saturated heterocycles. The molecule has 1 amide bonds. The first-order valence-electron chi connectivity index (χ1n) is 9.31. The predicted molar refractivity (Wildman–Crippen MR) is 111 cm³/mol. The van der Waals surface area contributed by atoms with Crippen LogP contribution in [0, 0.1) is 0 Å². The lowest BCUT2D eigenvalue weighted by Crippen LogP contribution is -2.40. The van der Waals surface area contributed by atoms with Gasteiger partial charge in [-0.15, -0.1) is 0 Å². The van der Waals surface area contributed by atoms with Gasteiger partial charge in [-0.3, -0.25) is 4.79 Å². The van der Waals surface area contributed by atoms with E-state index in [-0.39, 0.29) is 10.8 Å². The zero-order valence-corrected chi connectivity index (χ0v) is 17.6. The largest absolute Gasteiger partial charge is 0.481 e. The van der Waals surface area contributed by atoms with Gasteiger partial charge in [0, 0.05) is 23.8 Å². The van der Waals surface area contributed by atoms with Crippen LogP contribution in [0.2, 0.25) is 5.02 Å². The van der Waals surface area contributed by atoms with Gasteiger partial charge in [-0.05, 0) is 48.9 Å². The van der Waals surface area contributed by atoms with Crippen molar-refractivity contribution in [3.63, 3.8) is 0 Å². The summed E-state index contributed by atoms with van der Waals surface area (Å²) >= 11 is 5.95. The molecule has 3 rings (SSSR count). The van der Waals surface area contributed by atoms with Crippen LogP contribution in [0.15, 0.2) is 53.4 Å². The Morgan fingerprint density at radius 3 is 2.52 bits per heavy atom. The van der Waals surface area contributed by atoms with E-state index in [2.05, 4.69) is 5.32 Å². The number of nitrogens with zero attached hydrogens (tertiary/aromatic N) is 1. The van der Waals surface area contributed by atoms with Crippen LogP contribution in [0.1, 0.15) is 13.3 Å². The van der Waals surface area contributed by atoms with Gasteiger partial charge in [0.2, 0.25) is 10.0 Å². The van der Waals surface area contributed by atoms with E-state index < -0.39 is 16.1 Å². The average molecular weight is 439 g/mol. The second-order valence-corrected chi connectivity index (χ2v) is 8.88. The van der Waals surface area contributed by atoms with Crippen LogP contribution in [0.4, 0.5) is 5.69 Å². The number of ether oxygens (including phenoxy) is 2. The number of sulfonamides is 1. The van der Waals surface area contributed by atoms with Crippen molar-refractivity contribution in [2.45, 2.75) is 24.3 Å². The minimum Gasteiger partial charge on any atom is -0.481 e. The van der Waals surface area contributed by atoms with Crippen molar-refractivity contribution >= 4 is 33.2 Å². The zero-order chi connectivity index (χ0) is 20.9. The Bertz CT molecular complexity index is 944. The quantitative estimate of drug-likeness (QED) is 0.717. The third-order valence-electron chi connectivity index (χ3n) is 4.47. The maximum absolute atomic E-state index is 12.7. The van der Waals surface area contributed by atoms with Gasteiger partial charge in [0.05, 0.1) is 18.1 Å². The number of anilines is 1. The van der Waals surface area contributed by atoms with E-state index in [1.54, 1.807) is 36.4 Å². The second-order valence-electron chi connectivity index (χ2n) is 6.50. The first-order valence-corrected chi connectivity index (χ1v) is 11.1. The molecule has 156 valence electrons. The molecule has 29 heavy (non-hydrogen) atoms. The topological polar surface area (TPSA) is 84.9 Å². The number of nitrogens with one attached hydrogen (secondary N) is 1. The predicted octanol–water partition coefficient (Wildman–Crippen LogP) is 3.16. The van der Waals surface area contributed by atoms with Crippen molar-refractivity contribution in [3.05, 3.63) is 53.6 Å². The van der Waals surface area contributed by atoms with E-state index in [0.717, 1.165) is 0 Å². The van der Waals surface area contributed by atoms with E-state index in [1.807, 2.05) is 6.92 Å². The van der Waals surface area contributed by atoms with Crippen molar-refractivity contribution in [2.75, 3.05) is 31.6 Å². The molecule has 1 N–H and O–H groups in total. The molecule has 7 nitrogen and oxygen atoms in total. The summed E-state index contributed by atoms with van der Waals surface area (Å²) < 4.78 is 37.6. The number of benzene rings is 2. The Morgan fingerprint density at radius 1 is 1.21 bits per heavy atom. The first-order chi connectivity index (χ1) is 13.9. The van der Waals surface area contributed by atoms with Crippen LogP contribution >= 0.6 is 11.6 Å². The Labute approximate surface area is 175 Å². The van der Waals surface area contributed by atoms with Crippen LogP contribution in [-0.2, 0) is 19.6 Å². The molecular formula is C20H23ClN2O5S. The fourth-order valence-electron chi connectivity index (χ4n) is 2.90. The molecule has 0 unspecified atom stereocenters. The zero-order valence-electron chi connectivity index (χ0n) is 16.0. The van der Waals surface area contributed by atoms with E-state index in [9.17, 15) is 13.2 Å². The summed E-state index contributed by atoms with van der Waals surface area (Å²) in [6.45, 7) is 3.28. The summed E-state index contributed by atoms with van der Waals surface area (Å²) in [5.74, 6) is 0.183. The van der Waals surface area contributed by atoms with Gasteiger partial charge in [0.1, 0.15) is 5.75 Å². The standard InChI is InChI=1S/C20H23ClN2O5S/c1-2-19(28-17-5-3-4-15(21)14-17)20(24)22-16-6-8-18(9-7-16)29(25,26)23-10-12-27-13-11-23/h3-9,14,19H,2,10-13H2,1H3,(H,22,24)/t19-/m1/s1. The molecule has 0 spiro atoms. The molecule has 0 saturated carbocycles. The number of amides is 1. The van der Waals surface area contributed by atoms with Gasteiger partial charge in [0.15, 0.2) is 6.10 Å². The molecule has 1 aliphatic rings. The van der Waals surface area contributed by atoms with Crippen LogP contribution < -0.4 is 10.1 Å². The summed E-state index contributed by atoms with van der Waals surface area (Å²) in [6, 6.07) is 12.9. The number of halogens is 1. The lowest BCUT2D eigenvalue weighted by molar-refractivity contribution is -0.122. The highest BCUT2D eigenvalue weighted by atomic mass is 35.5. The molecule has 2 aromatic rings. The first kappa shape index (κ1) is 21.6. The van der Waals surface area contributed by atoms with Crippen LogP contribution in [-0.4, -0.2) is 51.0 Å². The maximum Gasteiger partial charge on any atom is 0.265 e. The molecule has 1 heterocycles. The van der Waals surface area contributed by atoms with E-state index >= 15 is 0 Å². The minimum atomic E-state index is -3.57. The van der Waals surface area contributed by atoms with Gasteiger partial charge in [-0.1, -0.05) is 24.6 Å². The lowest BCUT2D eigenvalue weighted by atomic mass is 10.2. The Morgan fingerprint density at radius 2 is 1.90 bits per heavy atom. The van der Waals surface area contributed by atoms with Crippen LogP contribution in [0.25, 0.3) is 0 Å². The molecule has 9 heteroatoms. The SMILES string of the molecule is CC[C@@H](Oc1cccc(Cl)c1)C(=O)Nc1ccc(S(=O)(=O)N2CCOCC2)cc1. The van der Waals surface area contributed by atoms with Gasteiger partial charge in [-0.2, -0.15) is 4.31 Å². The van der Waals surface area contributed by atoms with Crippen molar-refractivity contribution in [1.82, 2.24) is 4.31 Å².